The predicted octanol–water partition coefficient (Wildman–Crippen LogP) is 3.60. The van der Waals surface area contributed by atoms with Crippen LogP contribution < -0.4 is 10.5 Å². The maximum Gasteiger partial charge on any atom is 0.119 e. The number of ether oxygens (including phenoxy) is 1. The van der Waals surface area contributed by atoms with E-state index in [1.165, 1.54) is 10.9 Å². The van der Waals surface area contributed by atoms with E-state index in [4.69, 9.17) is 15.5 Å². The quantitative estimate of drug-likeness (QED) is 0.796. The van der Waals surface area contributed by atoms with Crippen molar-refractivity contribution in [2.45, 2.75) is 13.0 Å². The maximum absolute atomic E-state index is 6.38. The van der Waals surface area contributed by atoms with Gasteiger partial charge in [0.25, 0.3) is 0 Å². The van der Waals surface area contributed by atoms with Crippen LogP contribution in [0.3, 0.4) is 0 Å². The molecule has 1 unspecified atom stereocenters. The van der Waals surface area contributed by atoms with Gasteiger partial charge in [-0.05, 0) is 42.3 Å². The van der Waals surface area contributed by atoms with Crippen molar-refractivity contribution in [1.82, 2.24) is 4.98 Å². The van der Waals surface area contributed by atoms with Gasteiger partial charge in [0, 0.05) is 5.39 Å². The Morgan fingerprint density at radius 2 is 1.86 bits per heavy atom. The van der Waals surface area contributed by atoms with Gasteiger partial charge in [-0.15, -0.1) is 0 Å². The van der Waals surface area contributed by atoms with E-state index in [1.54, 1.807) is 7.11 Å². The summed E-state index contributed by atoms with van der Waals surface area (Å²) in [6, 6.07) is 17.7. The van der Waals surface area contributed by atoms with E-state index in [1.807, 2.05) is 42.5 Å². The molecule has 3 heteroatoms. The van der Waals surface area contributed by atoms with E-state index >= 15 is 0 Å². The lowest BCUT2D eigenvalue weighted by atomic mass is 10.0. The third-order valence-electron chi connectivity index (χ3n) is 3.71. The summed E-state index contributed by atoms with van der Waals surface area (Å²) in [5, 5.41) is 1.17. The van der Waals surface area contributed by atoms with Gasteiger partial charge in [0.2, 0.25) is 0 Å². The first-order chi connectivity index (χ1) is 10.2. The Hall–Kier alpha value is -2.39. The number of benzene rings is 2. The molecule has 0 saturated heterocycles. The summed E-state index contributed by atoms with van der Waals surface area (Å²) >= 11 is 0. The van der Waals surface area contributed by atoms with Gasteiger partial charge in [0.1, 0.15) is 5.75 Å². The molecule has 0 aliphatic heterocycles. The Balaban J connectivity index is 2.06. The monoisotopic (exact) mass is 278 g/mol. The van der Waals surface area contributed by atoms with Gasteiger partial charge in [0.15, 0.2) is 0 Å². The number of rotatable bonds is 3. The average Bonchev–Trinajstić information content (AvgIpc) is 2.54. The van der Waals surface area contributed by atoms with Gasteiger partial charge in [-0.1, -0.05) is 30.3 Å². The summed E-state index contributed by atoms with van der Waals surface area (Å²) in [6.45, 7) is 2.09. The molecule has 3 rings (SSSR count). The van der Waals surface area contributed by atoms with Crippen LogP contribution in [0.25, 0.3) is 10.9 Å². The Morgan fingerprint density at radius 1 is 1.05 bits per heavy atom. The second-order valence-corrected chi connectivity index (χ2v) is 5.14. The Kier molecular flexibility index (Phi) is 3.59. The van der Waals surface area contributed by atoms with E-state index in [0.29, 0.717) is 0 Å². The fourth-order valence-corrected chi connectivity index (χ4v) is 2.54. The smallest absolute Gasteiger partial charge is 0.119 e. The molecule has 21 heavy (non-hydrogen) atoms. The molecule has 0 fully saturated rings. The van der Waals surface area contributed by atoms with Crippen molar-refractivity contribution < 1.29 is 4.74 Å². The lowest BCUT2D eigenvalue weighted by molar-refractivity contribution is 0.414. The molecule has 0 bridgehead atoms. The topological polar surface area (TPSA) is 48.1 Å². The molecule has 3 nitrogen and oxygen atoms in total. The fourth-order valence-electron chi connectivity index (χ4n) is 2.54. The van der Waals surface area contributed by atoms with Crippen molar-refractivity contribution in [3.63, 3.8) is 0 Å². The number of hydrogen-bond donors (Lipinski definition) is 1. The van der Waals surface area contributed by atoms with Gasteiger partial charge in [-0.3, -0.25) is 4.98 Å². The number of aryl methyl sites for hydroxylation is 1. The van der Waals surface area contributed by atoms with Gasteiger partial charge < -0.3 is 10.5 Å². The zero-order valence-electron chi connectivity index (χ0n) is 12.2. The van der Waals surface area contributed by atoms with Crippen LogP contribution >= 0.6 is 0 Å². The first-order valence-corrected chi connectivity index (χ1v) is 6.95. The number of nitrogens with two attached hydrogens (primary N) is 1. The minimum atomic E-state index is -0.261. The molecule has 2 aromatic carbocycles. The van der Waals surface area contributed by atoms with Crippen molar-refractivity contribution >= 4 is 10.9 Å². The summed E-state index contributed by atoms with van der Waals surface area (Å²) < 4.78 is 5.26. The summed E-state index contributed by atoms with van der Waals surface area (Å²) in [5.41, 5.74) is 10.4. The molecule has 0 aliphatic carbocycles. The number of methoxy groups -OCH3 is 1. The van der Waals surface area contributed by atoms with Crippen molar-refractivity contribution in [3.8, 4) is 5.75 Å². The van der Waals surface area contributed by atoms with Crippen LogP contribution in [0, 0.1) is 6.92 Å². The zero-order chi connectivity index (χ0) is 14.8. The maximum atomic E-state index is 6.38. The largest absolute Gasteiger partial charge is 0.497 e. The van der Waals surface area contributed by atoms with Gasteiger partial charge >= 0.3 is 0 Å². The summed E-state index contributed by atoms with van der Waals surface area (Å²) in [6.07, 6.45) is 0. The van der Waals surface area contributed by atoms with E-state index in [0.717, 1.165) is 22.5 Å². The van der Waals surface area contributed by atoms with Gasteiger partial charge in [0.05, 0.1) is 24.4 Å². The Labute approximate surface area is 124 Å². The van der Waals surface area contributed by atoms with Crippen LogP contribution in [0.1, 0.15) is 22.9 Å². The molecule has 0 amide bonds. The standard InChI is InChI=1S/C18H18N2O/c1-12-10-17(20-16-9-4-3-8-15(12)16)18(19)13-6-5-7-14(11-13)21-2/h3-11,18H,19H2,1-2H3. The van der Waals surface area contributed by atoms with E-state index in [2.05, 4.69) is 19.1 Å². The van der Waals surface area contributed by atoms with Crippen LogP contribution in [0.4, 0.5) is 0 Å². The highest BCUT2D eigenvalue weighted by atomic mass is 16.5. The van der Waals surface area contributed by atoms with Crippen LogP contribution in [-0.4, -0.2) is 12.1 Å². The highest BCUT2D eigenvalue weighted by molar-refractivity contribution is 5.82. The minimum absolute atomic E-state index is 0.261. The number of hydrogen-bond acceptors (Lipinski definition) is 3. The molecule has 1 atom stereocenters. The van der Waals surface area contributed by atoms with Crippen molar-refractivity contribution in [1.29, 1.82) is 0 Å². The zero-order valence-corrected chi connectivity index (χ0v) is 12.2. The van der Waals surface area contributed by atoms with Gasteiger partial charge in [-0.25, -0.2) is 0 Å². The van der Waals surface area contributed by atoms with E-state index in [9.17, 15) is 0 Å². The fraction of sp³-hybridized carbons (Fsp3) is 0.167. The third-order valence-corrected chi connectivity index (χ3v) is 3.71. The molecule has 0 spiro atoms. The normalized spacial score (nSPS) is 12.3. The number of aromatic nitrogens is 1. The number of nitrogens with zero attached hydrogens (tertiary/aromatic N) is 1. The third kappa shape index (κ3) is 2.60. The SMILES string of the molecule is COc1cccc(C(N)c2cc(C)c3ccccc3n2)c1. The molecule has 2 N–H and O–H groups in total. The summed E-state index contributed by atoms with van der Waals surface area (Å²) in [5.74, 6) is 0.806. The first-order valence-electron chi connectivity index (χ1n) is 6.95. The summed E-state index contributed by atoms with van der Waals surface area (Å²) in [7, 11) is 1.66. The first kappa shape index (κ1) is 13.6. The molecule has 0 radical (unpaired) electrons. The molecular weight excluding hydrogens is 260 g/mol. The van der Waals surface area contributed by atoms with Crippen molar-refractivity contribution in [3.05, 3.63) is 71.4 Å². The average molecular weight is 278 g/mol. The number of para-hydroxylation sites is 1. The molecular formula is C18H18N2O. The number of fused-ring (bicyclic) bond motifs is 1. The lowest BCUT2D eigenvalue weighted by Crippen LogP contribution is -2.14. The van der Waals surface area contributed by atoms with Crippen LogP contribution in [0.2, 0.25) is 0 Å². The van der Waals surface area contributed by atoms with Crippen LogP contribution in [0.5, 0.6) is 5.75 Å². The predicted molar refractivity (Wildman–Crippen MR) is 85.5 cm³/mol. The van der Waals surface area contributed by atoms with Gasteiger partial charge in [-0.2, -0.15) is 0 Å². The molecule has 1 heterocycles. The van der Waals surface area contributed by atoms with E-state index in [-0.39, 0.29) is 6.04 Å². The number of pyridine rings is 1. The Bertz CT molecular complexity index is 783. The molecule has 1 aromatic heterocycles. The molecule has 106 valence electrons. The van der Waals surface area contributed by atoms with Crippen LogP contribution in [-0.2, 0) is 0 Å². The molecule has 0 aliphatic rings. The van der Waals surface area contributed by atoms with Crippen molar-refractivity contribution in [2.24, 2.45) is 5.73 Å². The van der Waals surface area contributed by atoms with Crippen LogP contribution in [0.15, 0.2) is 54.6 Å². The molecule has 3 aromatic rings. The second-order valence-electron chi connectivity index (χ2n) is 5.14. The van der Waals surface area contributed by atoms with Crippen molar-refractivity contribution in [2.75, 3.05) is 7.11 Å². The highest BCUT2D eigenvalue weighted by Gasteiger charge is 2.13. The molecule has 0 saturated carbocycles. The van der Waals surface area contributed by atoms with E-state index < -0.39 is 0 Å². The minimum Gasteiger partial charge on any atom is -0.497 e. The summed E-state index contributed by atoms with van der Waals surface area (Å²) in [4.78, 5) is 4.70. The highest BCUT2D eigenvalue weighted by Crippen LogP contribution is 2.25. The second kappa shape index (κ2) is 5.54. The lowest BCUT2D eigenvalue weighted by Gasteiger charge is -2.14. The Morgan fingerprint density at radius 3 is 2.67 bits per heavy atom.